The van der Waals surface area contributed by atoms with Crippen LogP contribution in [0.1, 0.15) is 28.9 Å². The highest BCUT2D eigenvalue weighted by Gasteiger charge is 2.34. The summed E-state index contributed by atoms with van der Waals surface area (Å²) in [5, 5.41) is 0.427. The summed E-state index contributed by atoms with van der Waals surface area (Å²) in [7, 11) is 0. The average molecular weight is 530 g/mol. The Labute approximate surface area is 205 Å². The number of hydrogen-bond acceptors (Lipinski definition) is 3. The zero-order valence-corrected chi connectivity index (χ0v) is 20.9. The molecule has 0 N–H and O–H groups in total. The topological polar surface area (TPSA) is 42.3 Å². The number of aryl methyl sites for hydroxylation is 2. The quantitative estimate of drug-likeness (QED) is 0.318. The van der Waals surface area contributed by atoms with Gasteiger partial charge in [-0.3, -0.25) is 14.5 Å². The number of rotatable bonds is 6. The van der Waals surface area contributed by atoms with E-state index in [4.69, 9.17) is 11.6 Å². The van der Waals surface area contributed by atoms with Gasteiger partial charge in [0.25, 0.3) is 11.1 Å². The van der Waals surface area contributed by atoms with Crippen molar-refractivity contribution in [3.05, 3.63) is 91.5 Å². The molecular formula is C25H22BrClN2O2S. The first-order valence-corrected chi connectivity index (χ1v) is 12.3. The Balaban J connectivity index is 1.52. The molecule has 0 aliphatic carbocycles. The summed E-state index contributed by atoms with van der Waals surface area (Å²) in [4.78, 5) is 27.2. The van der Waals surface area contributed by atoms with Crippen LogP contribution in [0, 0.1) is 13.8 Å². The molecule has 164 valence electrons. The van der Waals surface area contributed by atoms with Gasteiger partial charge < -0.3 is 4.57 Å². The Morgan fingerprint density at radius 2 is 1.81 bits per heavy atom. The van der Waals surface area contributed by atoms with E-state index in [2.05, 4.69) is 32.6 Å². The van der Waals surface area contributed by atoms with Crippen LogP contribution in [-0.4, -0.2) is 27.2 Å². The first-order valence-electron chi connectivity index (χ1n) is 10.3. The molecule has 4 nitrogen and oxygen atoms in total. The lowest BCUT2D eigenvalue weighted by Crippen LogP contribution is -2.29. The van der Waals surface area contributed by atoms with Gasteiger partial charge in [-0.1, -0.05) is 41.9 Å². The molecule has 1 aliphatic heterocycles. The third-order valence-electron chi connectivity index (χ3n) is 5.48. The van der Waals surface area contributed by atoms with E-state index >= 15 is 0 Å². The van der Waals surface area contributed by atoms with Crippen LogP contribution in [0.5, 0.6) is 0 Å². The first-order chi connectivity index (χ1) is 15.3. The smallest absolute Gasteiger partial charge is 0.293 e. The summed E-state index contributed by atoms with van der Waals surface area (Å²) >= 11 is 10.7. The molecule has 0 bridgehead atoms. The molecule has 2 heterocycles. The maximum absolute atomic E-state index is 12.9. The van der Waals surface area contributed by atoms with Crippen molar-refractivity contribution in [1.82, 2.24) is 9.47 Å². The molecule has 2 aromatic carbocycles. The Morgan fingerprint density at radius 3 is 2.53 bits per heavy atom. The van der Waals surface area contributed by atoms with Crippen LogP contribution in [-0.2, 0) is 11.2 Å². The van der Waals surface area contributed by atoms with Crippen molar-refractivity contribution >= 4 is 56.5 Å². The van der Waals surface area contributed by atoms with Crippen molar-refractivity contribution in [2.24, 2.45) is 0 Å². The van der Waals surface area contributed by atoms with Crippen LogP contribution in [0.15, 0.2) is 64.0 Å². The minimum absolute atomic E-state index is 0.206. The zero-order valence-electron chi connectivity index (χ0n) is 17.8. The van der Waals surface area contributed by atoms with Gasteiger partial charge in [-0.25, -0.2) is 0 Å². The fourth-order valence-electron chi connectivity index (χ4n) is 3.88. The number of aromatic nitrogens is 1. The number of carbonyl (C=O) groups is 2. The first kappa shape index (κ1) is 22.9. The van der Waals surface area contributed by atoms with Gasteiger partial charge in [0.05, 0.1) is 9.93 Å². The lowest BCUT2D eigenvalue weighted by atomic mass is 10.1. The Morgan fingerprint density at radius 1 is 1.06 bits per heavy atom. The van der Waals surface area contributed by atoms with E-state index < -0.39 is 0 Å². The van der Waals surface area contributed by atoms with E-state index in [0.29, 0.717) is 16.5 Å². The predicted molar refractivity (Wildman–Crippen MR) is 135 cm³/mol. The highest BCUT2D eigenvalue weighted by molar-refractivity contribution is 9.10. The number of thioether (sulfide) groups is 1. The SMILES string of the molecule is Cc1cc(/C=C2/SC(=O)N(CCCc3ccccc3)C2=O)c(C)n1-c1ccc(Br)c(Cl)c1. The second-order valence-corrected chi connectivity index (χ2v) is 9.94. The van der Waals surface area contributed by atoms with E-state index in [1.54, 1.807) is 0 Å². The Bertz CT molecular complexity index is 1220. The summed E-state index contributed by atoms with van der Waals surface area (Å²) in [6.07, 6.45) is 3.40. The summed E-state index contributed by atoms with van der Waals surface area (Å²) in [5.74, 6) is -0.218. The van der Waals surface area contributed by atoms with Gasteiger partial charge in [0.2, 0.25) is 0 Å². The van der Waals surface area contributed by atoms with Crippen LogP contribution >= 0.6 is 39.3 Å². The normalized spacial score (nSPS) is 15.2. The number of carbonyl (C=O) groups excluding carboxylic acids is 2. The number of nitrogens with zero attached hydrogens (tertiary/aromatic N) is 2. The second kappa shape index (κ2) is 9.69. The van der Waals surface area contributed by atoms with Gasteiger partial charge in [0.1, 0.15) is 0 Å². The highest BCUT2D eigenvalue weighted by atomic mass is 79.9. The fraction of sp³-hybridized carbons (Fsp3) is 0.200. The van der Waals surface area contributed by atoms with Gasteiger partial charge >= 0.3 is 0 Å². The van der Waals surface area contributed by atoms with Crippen molar-refractivity contribution < 1.29 is 9.59 Å². The summed E-state index contributed by atoms with van der Waals surface area (Å²) in [5.41, 5.74) is 5.07. The van der Waals surface area contributed by atoms with E-state index in [1.807, 2.05) is 62.4 Å². The standard InChI is InChI=1S/C25H22BrClN2O2S/c1-16-13-19(17(2)29(16)20-10-11-21(26)22(27)15-20)14-23-24(30)28(25(31)32-23)12-6-9-18-7-4-3-5-8-18/h3-5,7-8,10-11,13-15H,6,9,12H2,1-2H3/b23-14+. The zero-order chi connectivity index (χ0) is 22.8. The van der Waals surface area contributed by atoms with E-state index in [-0.39, 0.29) is 11.1 Å². The lowest BCUT2D eigenvalue weighted by Gasteiger charge is -2.12. The predicted octanol–water partition coefficient (Wildman–Crippen LogP) is 7.18. The summed E-state index contributed by atoms with van der Waals surface area (Å²) in [6.45, 7) is 4.43. The van der Waals surface area contributed by atoms with Crippen LogP contribution in [0.2, 0.25) is 5.02 Å². The number of halogens is 2. The largest absolute Gasteiger partial charge is 0.318 e. The molecule has 0 unspecified atom stereocenters. The van der Waals surface area contributed by atoms with Crippen LogP contribution < -0.4 is 0 Å². The van der Waals surface area contributed by atoms with Crippen LogP contribution in [0.25, 0.3) is 11.8 Å². The molecule has 4 rings (SSSR count). The molecule has 1 saturated heterocycles. The minimum Gasteiger partial charge on any atom is -0.318 e. The van der Waals surface area contributed by atoms with Crippen molar-refractivity contribution in [3.8, 4) is 5.69 Å². The molecule has 0 spiro atoms. The van der Waals surface area contributed by atoms with E-state index in [1.165, 1.54) is 10.5 Å². The van der Waals surface area contributed by atoms with Gasteiger partial charge in [-0.15, -0.1) is 0 Å². The molecule has 1 aromatic heterocycles. The van der Waals surface area contributed by atoms with Crippen LogP contribution in [0.3, 0.4) is 0 Å². The third kappa shape index (κ3) is 4.72. The molecule has 0 radical (unpaired) electrons. The van der Waals surface area contributed by atoms with E-state index in [9.17, 15) is 9.59 Å². The fourth-order valence-corrected chi connectivity index (χ4v) is 5.15. The monoisotopic (exact) mass is 528 g/mol. The van der Waals surface area contributed by atoms with Crippen molar-refractivity contribution in [3.63, 3.8) is 0 Å². The molecule has 0 saturated carbocycles. The number of imide groups is 1. The van der Waals surface area contributed by atoms with Gasteiger partial charge in [0, 0.05) is 28.1 Å². The second-order valence-electron chi connectivity index (χ2n) is 7.68. The third-order valence-corrected chi connectivity index (χ3v) is 7.62. The molecule has 7 heteroatoms. The molecule has 2 amide bonds. The minimum atomic E-state index is -0.218. The Kier molecular flexibility index (Phi) is 6.93. The lowest BCUT2D eigenvalue weighted by molar-refractivity contribution is -0.122. The van der Waals surface area contributed by atoms with Crippen molar-refractivity contribution in [1.29, 1.82) is 0 Å². The number of amides is 2. The van der Waals surface area contributed by atoms with E-state index in [0.717, 1.165) is 51.7 Å². The molecule has 1 fully saturated rings. The highest BCUT2D eigenvalue weighted by Crippen LogP contribution is 2.34. The maximum Gasteiger partial charge on any atom is 0.293 e. The van der Waals surface area contributed by atoms with Crippen LogP contribution in [0.4, 0.5) is 4.79 Å². The maximum atomic E-state index is 12.9. The number of benzene rings is 2. The van der Waals surface area contributed by atoms with Gasteiger partial charge in [-0.05, 0) is 95.8 Å². The van der Waals surface area contributed by atoms with Crippen molar-refractivity contribution in [2.75, 3.05) is 6.54 Å². The van der Waals surface area contributed by atoms with Gasteiger partial charge in [-0.2, -0.15) is 0 Å². The van der Waals surface area contributed by atoms with Crippen molar-refractivity contribution in [2.45, 2.75) is 26.7 Å². The molecule has 0 atom stereocenters. The molecular weight excluding hydrogens is 508 g/mol. The van der Waals surface area contributed by atoms with Gasteiger partial charge in [0.15, 0.2) is 0 Å². The molecule has 1 aliphatic rings. The average Bonchev–Trinajstić information content (AvgIpc) is 3.20. The molecule has 32 heavy (non-hydrogen) atoms. The summed E-state index contributed by atoms with van der Waals surface area (Å²) < 4.78 is 2.93. The summed E-state index contributed by atoms with van der Waals surface area (Å²) in [6, 6.07) is 17.9. The molecule has 3 aromatic rings. The number of hydrogen-bond donors (Lipinski definition) is 0. The Hall–Kier alpha value is -2.28.